The van der Waals surface area contributed by atoms with Crippen molar-refractivity contribution in [2.45, 2.75) is 32.5 Å². The Kier molecular flexibility index (Phi) is 3.55. The number of alkyl halides is 3. The first-order chi connectivity index (χ1) is 6.93. The van der Waals surface area contributed by atoms with Crippen LogP contribution in [0.1, 0.15) is 25.8 Å². The number of anilines is 1. The average molecular weight is 218 g/mol. The quantitative estimate of drug-likeness (QED) is 0.841. The Morgan fingerprint density at radius 3 is 2.47 bits per heavy atom. The smallest absolute Gasteiger partial charge is 0.368 e. The predicted octanol–water partition coefficient (Wildman–Crippen LogP) is 3.31. The second-order valence-electron chi connectivity index (χ2n) is 3.38. The van der Waals surface area contributed by atoms with Crippen molar-refractivity contribution in [3.63, 3.8) is 0 Å². The van der Waals surface area contributed by atoms with E-state index in [4.69, 9.17) is 0 Å². The molecule has 0 bridgehead atoms. The number of halogens is 3. The second kappa shape index (κ2) is 4.51. The van der Waals surface area contributed by atoms with Crippen LogP contribution in [0.4, 0.5) is 19.0 Å². The average Bonchev–Trinajstić information content (AvgIpc) is 2.17. The Balaban J connectivity index is 2.73. The van der Waals surface area contributed by atoms with Gasteiger partial charge in [0.1, 0.15) is 5.82 Å². The minimum Gasteiger partial charge on any atom is -0.368 e. The molecule has 84 valence electrons. The molecule has 0 saturated heterocycles. The molecule has 1 rings (SSSR count). The zero-order valence-corrected chi connectivity index (χ0v) is 8.60. The number of rotatable bonds is 3. The van der Waals surface area contributed by atoms with E-state index in [0.717, 1.165) is 18.7 Å². The Bertz CT molecular complexity index is 305. The number of hydrogen-bond acceptors (Lipinski definition) is 2. The van der Waals surface area contributed by atoms with Crippen molar-refractivity contribution in [1.29, 1.82) is 0 Å². The summed E-state index contributed by atoms with van der Waals surface area (Å²) >= 11 is 0. The zero-order chi connectivity index (χ0) is 11.5. The molecule has 1 heterocycles. The van der Waals surface area contributed by atoms with Gasteiger partial charge in [0.15, 0.2) is 0 Å². The van der Waals surface area contributed by atoms with Crippen LogP contribution in [0.15, 0.2) is 18.3 Å². The third kappa shape index (κ3) is 3.42. The number of nitrogens with zero attached hydrogens (tertiary/aromatic N) is 1. The maximum atomic E-state index is 12.2. The summed E-state index contributed by atoms with van der Waals surface area (Å²) in [6, 6.07) is 2.57. The van der Waals surface area contributed by atoms with Crippen molar-refractivity contribution in [3.05, 3.63) is 23.9 Å². The molecule has 1 atom stereocenters. The number of aromatic nitrogens is 1. The predicted molar refractivity (Wildman–Crippen MR) is 52.6 cm³/mol. The second-order valence-corrected chi connectivity index (χ2v) is 3.38. The number of hydrogen-bond donors (Lipinski definition) is 1. The lowest BCUT2D eigenvalue weighted by Crippen LogP contribution is -2.15. The highest BCUT2D eigenvalue weighted by atomic mass is 19.4. The summed E-state index contributed by atoms with van der Waals surface area (Å²) in [4.78, 5) is 3.70. The van der Waals surface area contributed by atoms with E-state index >= 15 is 0 Å². The SMILES string of the molecule is CCC(C)Nc1ccc(C(F)(F)F)cn1. The summed E-state index contributed by atoms with van der Waals surface area (Å²) in [5.41, 5.74) is -0.725. The van der Waals surface area contributed by atoms with Crippen LogP contribution in [-0.2, 0) is 6.18 Å². The van der Waals surface area contributed by atoms with Crippen LogP contribution in [0.2, 0.25) is 0 Å². The number of nitrogens with one attached hydrogen (secondary N) is 1. The van der Waals surface area contributed by atoms with E-state index in [1.807, 2.05) is 13.8 Å². The molecule has 0 spiro atoms. The molecule has 1 N–H and O–H groups in total. The lowest BCUT2D eigenvalue weighted by molar-refractivity contribution is -0.137. The van der Waals surface area contributed by atoms with Crippen LogP contribution in [-0.4, -0.2) is 11.0 Å². The summed E-state index contributed by atoms with van der Waals surface area (Å²) in [7, 11) is 0. The lowest BCUT2D eigenvalue weighted by atomic mass is 10.2. The Labute approximate surface area is 86.5 Å². The monoisotopic (exact) mass is 218 g/mol. The van der Waals surface area contributed by atoms with Crippen LogP contribution >= 0.6 is 0 Å². The lowest BCUT2D eigenvalue weighted by Gasteiger charge is -2.12. The molecule has 1 aromatic heterocycles. The van der Waals surface area contributed by atoms with Gasteiger partial charge in [-0.1, -0.05) is 6.92 Å². The van der Waals surface area contributed by atoms with E-state index in [2.05, 4.69) is 10.3 Å². The normalized spacial score (nSPS) is 13.7. The third-order valence-corrected chi connectivity index (χ3v) is 2.10. The highest BCUT2D eigenvalue weighted by molar-refractivity contribution is 5.36. The van der Waals surface area contributed by atoms with Crippen LogP contribution in [0.3, 0.4) is 0 Å². The van der Waals surface area contributed by atoms with Gasteiger partial charge in [0, 0.05) is 12.2 Å². The maximum Gasteiger partial charge on any atom is 0.417 e. The summed E-state index contributed by atoms with van der Waals surface area (Å²) in [6.07, 6.45) is -2.59. The van der Waals surface area contributed by atoms with Crippen molar-refractivity contribution in [2.75, 3.05) is 5.32 Å². The largest absolute Gasteiger partial charge is 0.417 e. The van der Waals surface area contributed by atoms with Crippen molar-refractivity contribution >= 4 is 5.82 Å². The molecule has 5 heteroatoms. The standard InChI is InChI=1S/C10H13F3N2/c1-3-7(2)15-9-5-4-8(6-14-9)10(11,12)13/h4-7H,3H2,1-2H3,(H,14,15). The molecule has 0 radical (unpaired) electrons. The molecule has 0 aliphatic heterocycles. The zero-order valence-electron chi connectivity index (χ0n) is 8.60. The summed E-state index contributed by atoms with van der Waals surface area (Å²) in [5, 5.41) is 2.99. The Hall–Kier alpha value is -1.26. The van der Waals surface area contributed by atoms with Crippen LogP contribution < -0.4 is 5.32 Å². The fourth-order valence-electron chi connectivity index (χ4n) is 1.00. The molecule has 2 nitrogen and oxygen atoms in total. The van der Waals surface area contributed by atoms with E-state index in [1.165, 1.54) is 6.07 Å². The molecular formula is C10H13F3N2. The minimum atomic E-state index is -4.32. The molecule has 15 heavy (non-hydrogen) atoms. The minimum absolute atomic E-state index is 0.203. The van der Waals surface area contributed by atoms with Gasteiger partial charge < -0.3 is 5.32 Å². The van der Waals surface area contributed by atoms with Crippen molar-refractivity contribution in [1.82, 2.24) is 4.98 Å². The first-order valence-electron chi connectivity index (χ1n) is 4.73. The van der Waals surface area contributed by atoms with E-state index in [-0.39, 0.29) is 6.04 Å². The third-order valence-electron chi connectivity index (χ3n) is 2.10. The summed E-state index contributed by atoms with van der Waals surface area (Å²) in [6.45, 7) is 3.93. The Morgan fingerprint density at radius 2 is 2.07 bits per heavy atom. The topological polar surface area (TPSA) is 24.9 Å². The van der Waals surface area contributed by atoms with E-state index < -0.39 is 11.7 Å². The van der Waals surface area contributed by atoms with Gasteiger partial charge in [-0.3, -0.25) is 0 Å². The van der Waals surface area contributed by atoms with Gasteiger partial charge in [-0.2, -0.15) is 13.2 Å². The molecular weight excluding hydrogens is 205 g/mol. The molecule has 0 saturated carbocycles. The first kappa shape index (κ1) is 11.8. The van der Waals surface area contributed by atoms with Gasteiger partial charge in [0.2, 0.25) is 0 Å². The number of pyridine rings is 1. The molecule has 0 amide bonds. The first-order valence-corrected chi connectivity index (χ1v) is 4.73. The van der Waals surface area contributed by atoms with Crippen molar-refractivity contribution in [2.24, 2.45) is 0 Å². The summed E-state index contributed by atoms with van der Waals surface area (Å²) < 4.78 is 36.6. The Morgan fingerprint density at radius 1 is 1.40 bits per heavy atom. The van der Waals surface area contributed by atoms with E-state index in [9.17, 15) is 13.2 Å². The molecule has 0 aromatic carbocycles. The van der Waals surface area contributed by atoms with Crippen molar-refractivity contribution in [3.8, 4) is 0 Å². The van der Waals surface area contributed by atoms with Gasteiger partial charge >= 0.3 is 6.18 Å². The molecule has 0 aliphatic carbocycles. The van der Waals surface area contributed by atoms with Crippen LogP contribution in [0, 0.1) is 0 Å². The van der Waals surface area contributed by atoms with Gasteiger partial charge in [0.05, 0.1) is 5.56 Å². The van der Waals surface area contributed by atoms with Gasteiger partial charge in [0.25, 0.3) is 0 Å². The van der Waals surface area contributed by atoms with E-state index in [1.54, 1.807) is 0 Å². The van der Waals surface area contributed by atoms with Gasteiger partial charge in [-0.25, -0.2) is 4.98 Å². The van der Waals surface area contributed by atoms with Crippen molar-refractivity contribution < 1.29 is 13.2 Å². The maximum absolute atomic E-state index is 12.2. The van der Waals surface area contributed by atoms with Crippen LogP contribution in [0.5, 0.6) is 0 Å². The fourth-order valence-corrected chi connectivity index (χ4v) is 1.00. The van der Waals surface area contributed by atoms with Gasteiger partial charge in [-0.05, 0) is 25.5 Å². The highest BCUT2D eigenvalue weighted by Crippen LogP contribution is 2.28. The van der Waals surface area contributed by atoms with Gasteiger partial charge in [-0.15, -0.1) is 0 Å². The highest BCUT2D eigenvalue weighted by Gasteiger charge is 2.30. The van der Waals surface area contributed by atoms with Crippen LogP contribution in [0.25, 0.3) is 0 Å². The molecule has 1 aromatic rings. The molecule has 1 unspecified atom stereocenters. The summed E-state index contributed by atoms with van der Waals surface area (Å²) in [5.74, 6) is 0.470. The van der Waals surface area contributed by atoms with E-state index in [0.29, 0.717) is 5.82 Å². The molecule has 0 fully saturated rings. The fraction of sp³-hybridized carbons (Fsp3) is 0.500. The molecule has 0 aliphatic rings.